The van der Waals surface area contributed by atoms with E-state index in [0.29, 0.717) is 0 Å². The molecule has 7 nitrogen and oxygen atoms in total. The summed E-state index contributed by atoms with van der Waals surface area (Å²) in [5, 5.41) is 15.9. The molecule has 0 aliphatic carbocycles. The number of nitrogens with zero attached hydrogens (tertiary/aromatic N) is 4. The van der Waals surface area contributed by atoms with Crippen LogP contribution >= 0.6 is 11.3 Å². The summed E-state index contributed by atoms with van der Waals surface area (Å²) in [5.41, 5.74) is 1.13. The van der Waals surface area contributed by atoms with E-state index in [1.807, 2.05) is 0 Å². The smallest absolute Gasteiger partial charge is 0.475 e. The van der Waals surface area contributed by atoms with Crippen molar-refractivity contribution in [3.63, 3.8) is 0 Å². The first-order valence-corrected chi connectivity index (χ1v) is 8.73. The number of hydrogen-bond donors (Lipinski definition) is 1. The van der Waals surface area contributed by atoms with Crippen molar-refractivity contribution in [2.75, 3.05) is 33.4 Å². The number of aliphatic carboxylic acids is 1. The van der Waals surface area contributed by atoms with Crippen LogP contribution in [0, 0.1) is 0 Å². The van der Waals surface area contributed by atoms with Gasteiger partial charge in [0, 0.05) is 44.1 Å². The Balaban J connectivity index is 0.000000298. The van der Waals surface area contributed by atoms with Gasteiger partial charge < -0.3 is 9.84 Å². The number of ether oxygens (including phenoxy) is 1. The lowest BCUT2D eigenvalue weighted by molar-refractivity contribution is -0.192. The Bertz CT molecular complexity index is 678. The van der Waals surface area contributed by atoms with E-state index in [1.165, 1.54) is 0 Å². The van der Waals surface area contributed by atoms with Gasteiger partial charge in [-0.15, -0.1) is 0 Å². The zero-order valence-corrected chi connectivity index (χ0v) is 14.9. The molecule has 3 heterocycles. The maximum Gasteiger partial charge on any atom is 0.490 e. The molecule has 3 rings (SSSR count). The number of halogens is 3. The van der Waals surface area contributed by atoms with Gasteiger partial charge in [0.2, 0.25) is 0 Å². The van der Waals surface area contributed by atoms with Crippen LogP contribution in [0.3, 0.4) is 0 Å². The molecule has 0 radical (unpaired) electrons. The highest BCUT2D eigenvalue weighted by Gasteiger charge is 2.38. The van der Waals surface area contributed by atoms with E-state index in [1.54, 1.807) is 18.4 Å². The molecule has 1 N–H and O–H groups in total. The van der Waals surface area contributed by atoms with Crippen molar-refractivity contribution >= 4 is 17.3 Å². The monoisotopic (exact) mass is 392 g/mol. The lowest BCUT2D eigenvalue weighted by atomic mass is 10.3. The number of aromatic nitrogens is 3. The van der Waals surface area contributed by atoms with Crippen LogP contribution in [0.15, 0.2) is 16.8 Å². The van der Waals surface area contributed by atoms with Gasteiger partial charge in [-0.3, -0.25) is 4.90 Å². The molecule has 0 saturated carbocycles. The summed E-state index contributed by atoms with van der Waals surface area (Å²) in [6.45, 7) is 4.73. The minimum atomic E-state index is -5.08. The minimum Gasteiger partial charge on any atom is -0.475 e. The zero-order chi connectivity index (χ0) is 19.2. The van der Waals surface area contributed by atoms with Gasteiger partial charge in [0.1, 0.15) is 5.82 Å². The topological polar surface area (TPSA) is 80.5 Å². The third-order valence-electron chi connectivity index (χ3n) is 3.66. The van der Waals surface area contributed by atoms with Crippen LogP contribution in [0.2, 0.25) is 0 Å². The van der Waals surface area contributed by atoms with E-state index in [-0.39, 0.29) is 0 Å². The Labute approximate surface area is 152 Å². The second-order valence-corrected chi connectivity index (χ2v) is 6.25. The molecule has 1 aliphatic heterocycles. The molecule has 26 heavy (non-hydrogen) atoms. The molecule has 11 heteroatoms. The molecule has 1 aliphatic rings. The highest BCUT2D eigenvalue weighted by molar-refractivity contribution is 7.08. The van der Waals surface area contributed by atoms with Crippen molar-refractivity contribution < 1.29 is 27.8 Å². The Kier molecular flexibility index (Phi) is 7.12. The van der Waals surface area contributed by atoms with E-state index in [4.69, 9.17) is 14.6 Å². The summed E-state index contributed by atoms with van der Waals surface area (Å²) in [7, 11) is 1.75. The molecule has 0 fully saturated rings. The van der Waals surface area contributed by atoms with Gasteiger partial charge in [-0.2, -0.15) is 29.6 Å². The number of hydrogen-bond acceptors (Lipinski definition) is 6. The number of thiophene rings is 1. The SMILES string of the molecule is COCCN1CCc2nc(-c3ccsc3)nn2CC1.O=C(O)C(F)(F)F. The van der Waals surface area contributed by atoms with Crippen LogP contribution in [0.1, 0.15) is 5.82 Å². The molecule has 0 aromatic carbocycles. The standard InChI is InChI=1S/C13H18N4OS.C2HF3O2/c1-18-8-7-16-4-2-12-14-13(11-3-9-19-10-11)15-17(12)6-5-16;3-2(4,5)1(6)7/h3,9-10H,2,4-8H2,1H3;(H,6,7). The van der Waals surface area contributed by atoms with Gasteiger partial charge in [0.15, 0.2) is 5.82 Å². The number of carboxylic acids is 1. The first kappa shape index (κ1) is 20.3. The second-order valence-electron chi connectivity index (χ2n) is 5.47. The largest absolute Gasteiger partial charge is 0.490 e. The predicted molar refractivity (Wildman–Crippen MR) is 89.0 cm³/mol. The van der Waals surface area contributed by atoms with Crippen molar-refractivity contribution in [3.05, 3.63) is 22.7 Å². The first-order chi connectivity index (χ1) is 12.3. The number of fused-ring (bicyclic) bond motifs is 1. The number of carboxylic acid groups (broad SMARTS) is 1. The fourth-order valence-electron chi connectivity index (χ4n) is 2.30. The van der Waals surface area contributed by atoms with Gasteiger partial charge in [0.05, 0.1) is 13.2 Å². The highest BCUT2D eigenvalue weighted by atomic mass is 32.1. The Morgan fingerprint density at radius 3 is 2.69 bits per heavy atom. The fraction of sp³-hybridized carbons (Fsp3) is 0.533. The zero-order valence-electron chi connectivity index (χ0n) is 14.1. The molecule has 144 valence electrons. The van der Waals surface area contributed by atoms with E-state index < -0.39 is 12.1 Å². The maximum atomic E-state index is 10.6. The average Bonchev–Trinajstić information content (AvgIpc) is 3.20. The summed E-state index contributed by atoms with van der Waals surface area (Å²) >= 11 is 1.68. The van der Waals surface area contributed by atoms with Crippen molar-refractivity contribution in [3.8, 4) is 11.4 Å². The number of carbonyl (C=O) groups is 1. The van der Waals surface area contributed by atoms with Gasteiger partial charge in [-0.25, -0.2) is 14.5 Å². The summed E-state index contributed by atoms with van der Waals surface area (Å²) in [4.78, 5) is 16.0. The molecule has 0 bridgehead atoms. The maximum absolute atomic E-state index is 10.6. The molecule has 0 spiro atoms. The van der Waals surface area contributed by atoms with Crippen LogP contribution < -0.4 is 0 Å². The van der Waals surface area contributed by atoms with Gasteiger partial charge >= 0.3 is 12.1 Å². The molecular formula is C15H19F3N4O3S. The van der Waals surface area contributed by atoms with E-state index in [9.17, 15) is 13.2 Å². The van der Waals surface area contributed by atoms with E-state index in [2.05, 4.69) is 36.5 Å². The van der Waals surface area contributed by atoms with Crippen LogP contribution in [-0.2, 0) is 22.5 Å². The van der Waals surface area contributed by atoms with Crippen molar-refractivity contribution in [2.45, 2.75) is 19.1 Å². The second kappa shape index (κ2) is 9.10. The number of rotatable bonds is 4. The van der Waals surface area contributed by atoms with Crippen LogP contribution in [0.4, 0.5) is 13.2 Å². The van der Waals surface area contributed by atoms with Gasteiger partial charge in [-0.1, -0.05) is 0 Å². The van der Waals surface area contributed by atoms with Crippen molar-refractivity contribution in [1.82, 2.24) is 19.7 Å². The molecule has 2 aromatic rings. The number of methoxy groups -OCH3 is 1. The van der Waals surface area contributed by atoms with Crippen molar-refractivity contribution in [2.24, 2.45) is 0 Å². The third-order valence-corrected chi connectivity index (χ3v) is 4.34. The van der Waals surface area contributed by atoms with E-state index in [0.717, 1.165) is 56.4 Å². The van der Waals surface area contributed by atoms with Gasteiger partial charge in [0.25, 0.3) is 0 Å². The molecular weight excluding hydrogens is 373 g/mol. The Hall–Kier alpha value is -1.98. The summed E-state index contributed by atoms with van der Waals surface area (Å²) in [6.07, 6.45) is -4.12. The van der Waals surface area contributed by atoms with Crippen LogP contribution in [-0.4, -0.2) is 70.3 Å². The third kappa shape index (κ3) is 5.78. The van der Waals surface area contributed by atoms with Gasteiger partial charge in [-0.05, 0) is 11.4 Å². The molecule has 0 saturated heterocycles. The molecule has 0 amide bonds. The van der Waals surface area contributed by atoms with Crippen molar-refractivity contribution in [1.29, 1.82) is 0 Å². The Morgan fingerprint density at radius 2 is 2.12 bits per heavy atom. The highest BCUT2D eigenvalue weighted by Crippen LogP contribution is 2.20. The Morgan fingerprint density at radius 1 is 1.38 bits per heavy atom. The van der Waals surface area contributed by atoms with Crippen LogP contribution in [0.5, 0.6) is 0 Å². The predicted octanol–water partition coefficient (Wildman–Crippen LogP) is 2.14. The first-order valence-electron chi connectivity index (χ1n) is 7.79. The molecule has 2 aromatic heterocycles. The normalized spacial score (nSPS) is 14.9. The summed E-state index contributed by atoms with van der Waals surface area (Å²) in [5.74, 6) is -0.796. The molecule has 0 atom stereocenters. The number of alkyl halides is 3. The van der Waals surface area contributed by atoms with E-state index >= 15 is 0 Å². The minimum absolute atomic E-state index is 0.788. The summed E-state index contributed by atoms with van der Waals surface area (Å²) < 4.78 is 38.9. The average molecular weight is 392 g/mol. The summed E-state index contributed by atoms with van der Waals surface area (Å²) in [6, 6.07) is 2.07. The lowest BCUT2D eigenvalue weighted by Gasteiger charge is -2.18. The quantitative estimate of drug-likeness (QED) is 0.859. The van der Waals surface area contributed by atoms with Crippen LogP contribution in [0.25, 0.3) is 11.4 Å². The molecule has 0 unspecified atom stereocenters. The lowest BCUT2D eigenvalue weighted by Crippen LogP contribution is -2.30. The fourth-order valence-corrected chi connectivity index (χ4v) is 2.94.